The van der Waals surface area contributed by atoms with Crippen LogP contribution in [0.5, 0.6) is 11.5 Å². The minimum absolute atomic E-state index is 0.00805. The van der Waals surface area contributed by atoms with Crippen molar-refractivity contribution in [1.29, 1.82) is 0 Å². The lowest BCUT2D eigenvalue weighted by molar-refractivity contribution is -0.384. The summed E-state index contributed by atoms with van der Waals surface area (Å²) in [6, 6.07) is 17.8. The molecule has 0 aliphatic carbocycles. The number of aromatic nitrogens is 2. The highest BCUT2D eigenvalue weighted by atomic mass is 35.5. The number of rotatable bonds is 10. The normalized spacial score (nSPS) is 11.2. The largest absolute Gasteiger partial charge is 0.493 e. The van der Waals surface area contributed by atoms with Gasteiger partial charge in [-0.25, -0.2) is 4.79 Å². The first-order valence-electron chi connectivity index (χ1n) is 10.6. The molecule has 0 fully saturated rings. The van der Waals surface area contributed by atoms with Crippen molar-refractivity contribution in [2.75, 3.05) is 7.11 Å². The van der Waals surface area contributed by atoms with Crippen LogP contribution in [-0.4, -0.2) is 33.3 Å². The number of hydrogen-bond acceptors (Lipinski definition) is 9. The number of methoxy groups -OCH3 is 1. The van der Waals surface area contributed by atoms with Crippen LogP contribution in [-0.2, 0) is 11.4 Å². The van der Waals surface area contributed by atoms with Crippen molar-refractivity contribution in [1.82, 2.24) is 10.2 Å². The van der Waals surface area contributed by atoms with E-state index in [2.05, 4.69) is 10.2 Å². The molecule has 188 valence electrons. The van der Waals surface area contributed by atoms with Crippen LogP contribution in [0.25, 0.3) is 17.5 Å². The fourth-order valence-corrected chi connectivity index (χ4v) is 3.91. The summed E-state index contributed by atoms with van der Waals surface area (Å²) >= 11 is 6.71. The Balaban J connectivity index is 1.48. The van der Waals surface area contributed by atoms with Gasteiger partial charge in [0.15, 0.2) is 11.5 Å². The molecule has 1 N–H and O–H groups in total. The Kier molecular flexibility index (Phi) is 8.06. The minimum Gasteiger partial charge on any atom is -0.493 e. The molecular formula is C25H18ClN3O7S. The van der Waals surface area contributed by atoms with Gasteiger partial charge in [-0.1, -0.05) is 17.7 Å². The minimum atomic E-state index is -1.17. The number of carbonyl (C=O) groups is 1. The molecule has 0 unspecified atom stereocenters. The Labute approximate surface area is 219 Å². The summed E-state index contributed by atoms with van der Waals surface area (Å²) in [4.78, 5) is 22.2. The molecule has 4 rings (SSSR count). The summed E-state index contributed by atoms with van der Waals surface area (Å²) < 4.78 is 16.8. The van der Waals surface area contributed by atoms with E-state index in [4.69, 9.17) is 25.5 Å². The van der Waals surface area contributed by atoms with Gasteiger partial charge in [0.05, 0.1) is 12.0 Å². The van der Waals surface area contributed by atoms with E-state index in [1.165, 1.54) is 25.3 Å². The zero-order valence-electron chi connectivity index (χ0n) is 19.2. The number of non-ortho nitro benzene ring substituents is 1. The zero-order valence-corrected chi connectivity index (χ0v) is 20.7. The lowest BCUT2D eigenvalue weighted by Crippen LogP contribution is -1.99. The van der Waals surface area contributed by atoms with Gasteiger partial charge in [-0.3, -0.25) is 10.1 Å². The summed E-state index contributed by atoms with van der Waals surface area (Å²) in [6.45, 7) is 0.160. The number of carboxylic acid groups (broad SMARTS) is 1. The van der Waals surface area contributed by atoms with Crippen molar-refractivity contribution >= 4 is 41.1 Å². The molecule has 0 bridgehead atoms. The van der Waals surface area contributed by atoms with Crippen LogP contribution in [0.2, 0.25) is 5.02 Å². The second-order valence-electron chi connectivity index (χ2n) is 7.42. The summed E-state index contributed by atoms with van der Waals surface area (Å²) in [5.41, 5.74) is 1.92. The van der Waals surface area contributed by atoms with Crippen LogP contribution >= 0.6 is 23.4 Å². The lowest BCUT2D eigenvalue weighted by atomic mass is 10.2. The van der Waals surface area contributed by atoms with Crippen molar-refractivity contribution in [2.45, 2.75) is 11.8 Å². The van der Waals surface area contributed by atoms with Crippen LogP contribution in [0.4, 0.5) is 5.69 Å². The first-order valence-corrected chi connectivity index (χ1v) is 11.8. The van der Waals surface area contributed by atoms with Crippen molar-refractivity contribution in [3.63, 3.8) is 0 Å². The maximum Gasteiger partial charge on any atom is 0.342 e. The smallest absolute Gasteiger partial charge is 0.342 e. The lowest BCUT2D eigenvalue weighted by Gasteiger charge is -2.11. The zero-order chi connectivity index (χ0) is 26.4. The Morgan fingerprint density at radius 3 is 2.49 bits per heavy atom. The molecule has 0 spiro atoms. The third-order valence-corrected chi connectivity index (χ3v) is 6.04. The van der Waals surface area contributed by atoms with Gasteiger partial charge in [-0.2, -0.15) is 0 Å². The van der Waals surface area contributed by atoms with Crippen LogP contribution in [0.3, 0.4) is 0 Å². The van der Waals surface area contributed by atoms with Gasteiger partial charge in [0.25, 0.3) is 10.9 Å². The molecular weight excluding hydrogens is 522 g/mol. The van der Waals surface area contributed by atoms with E-state index in [1.807, 2.05) is 0 Å². The maximum absolute atomic E-state index is 11.9. The molecule has 0 saturated carbocycles. The standard InChI is InChI=1S/C25H18ClN3O7S/c1-34-21-12-16(4-11-20(21)35-14-15-2-9-19(10-3-15)29(32)33)13-22(24(30)31)37-25-28-27-23(36-25)17-5-7-18(26)8-6-17/h2-13H,14H2,1H3,(H,30,31)/b22-13-. The highest BCUT2D eigenvalue weighted by Crippen LogP contribution is 2.33. The Morgan fingerprint density at radius 2 is 1.84 bits per heavy atom. The average molecular weight is 540 g/mol. The molecule has 0 amide bonds. The topological polar surface area (TPSA) is 138 Å². The summed E-state index contributed by atoms with van der Waals surface area (Å²) in [7, 11) is 1.46. The van der Waals surface area contributed by atoms with Gasteiger partial charge in [-0.05, 0) is 77.5 Å². The van der Waals surface area contributed by atoms with Crippen LogP contribution in [0.15, 0.2) is 81.3 Å². The van der Waals surface area contributed by atoms with Gasteiger partial charge in [-0.15, -0.1) is 10.2 Å². The fourth-order valence-electron chi connectivity index (χ4n) is 3.11. The number of nitrogens with zero attached hydrogens (tertiary/aromatic N) is 3. The first kappa shape index (κ1) is 25.7. The third kappa shape index (κ3) is 6.66. The third-order valence-electron chi connectivity index (χ3n) is 4.93. The molecule has 0 saturated heterocycles. The molecule has 4 aromatic rings. The molecule has 0 aliphatic heterocycles. The van der Waals surface area contributed by atoms with E-state index in [0.717, 1.165) is 17.3 Å². The number of hydrogen-bond donors (Lipinski definition) is 1. The van der Waals surface area contributed by atoms with Crippen molar-refractivity contribution in [3.05, 3.63) is 97.9 Å². The number of nitro groups is 1. The number of carboxylic acids is 1. The predicted molar refractivity (Wildman–Crippen MR) is 137 cm³/mol. The van der Waals surface area contributed by atoms with Gasteiger partial charge in [0, 0.05) is 22.7 Å². The predicted octanol–water partition coefficient (Wildman–Crippen LogP) is 6.10. The van der Waals surface area contributed by atoms with Crippen molar-refractivity contribution in [3.8, 4) is 23.0 Å². The number of aliphatic carboxylic acids is 1. The number of thioether (sulfide) groups is 1. The van der Waals surface area contributed by atoms with Crippen molar-refractivity contribution < 1.29 is 28.7 Å². The molecule has 0 atom stereocenters. The van der Waals surface area contributed by atoms with Gasteiger partial charge < -0.3 is 19.0 Å². The van der Waals surface area contributed by atoms with Crippen LogP contribution in [0, 0.1) is 10.1 Å². The van der Waals surface area contributed by atoms with Gasteiger partial charge in [0.1, 0.15) is 11.5 Å². The van der Waals surface area contributed by atoms with Crippen LogP contribution in [0.1, 0.15) is 11.1 Å². The van der Waals surface area contributed by atoms with E-state index < -0.39 is 10.9 Å². The Bertz CT molecular complexity index is 1450. The molecule has 3 aromatic carbocycles. The van der Waals surface area contributed by atoms with E-state index in [1.54, 1.807) is 54.6 Å². The average Bonchev–Trinajstić information content (AvgIpc) is 3.36. The molecule has 0 aliphatic rings. The second kappa shape index (κ2) is 11.6. The molecule has 1 heterocycles. The van der Waals surface area contributed by atoms with E-state index in [0.29, 0.717) is 27.6 Å². The summed E-state index contributed by atoms with van der Waals surface area (Å²) in [5, 5.41) is 29.0. The summed E-state index contributed by atoms with van der Waals surface area (Å²) in [6.07, 6.45) is 1.45. The highest BCUT2D eigenvalue weighted by molar-refractivity contribution is 8.03. The van der Waals surface area contributed by atoms with E-state index in [-0.39, 0.29) is 28.3 Å². The van der Waals surface area contributed by atoms with Crippen molar-refractivity contribution in [2.24, 2.45) is 0 Å². The Morgan fingerprint density at radius 1 is 1.11 bits per heavy atom. The quantitative estimate of drug-likeness (QED) is 0.109. The Hall–Kier alpha value is -4.35. The first-order chi connectivity index (χ1) is 17.8. The van der Waals surface area contributed by atoms with Gasteiger partial charge in [0.2, 0.25) is 5.89 Å². The maximum atomic E-state index is 11.9. The number of halogens is 1. The van der Waals surface area contributed by atoms with Gasteiger partial charge >= 0.3 is 5.97 Å². The van der Waals surface area contributed by atoms with E-state index in [9.17, 15) is 20.0 Å². The molecule has 0 radical (unpaired) electrons. The number of benzene rings is 3. The summed E-state index contributed by atoms with van der Waals surface area (Å²) in [5.74, 6) is -0.131. The number of ether oxygens (including phenoxy) is 2. The molecule has 1 aromatic heterocycles. The second-order valence-corrected chi connectivity index (χ2v) is 8.85. The van der Waals surface area contributed by atoms with Crippen LogP contribution < -0.4 is 9.47 Å². The SMILES string of the molecule is COc1cc(/C=C(\Sc2nnc(-c3ccc(Cl)cc3)o2)C(=O)O)ccc1OCc1ccc([N+](=O)[O-])cc1. The molecule has 37 heavy (non-hydrogen) atoms. The monoisotopic (exact) mass is 539 g/mol. The highest BCUT2D eigenvalue weighted by Gasteiger charge is 2.17. The van der Waals surface area contributed by atoms with E-state index >= 15 is 0 Å². The number of nitro benzene ring substituents is 1. The molecule has 10 nitrogen and oxygen atoms in total. The fraction of sp³-hybridized carbons (Fsp3) is 0.0800. The molecule has 12 heteroatoms.